The molecule has 23 heteroatoms. The van der Waals surface area contributed by atoms with Gasteiger partial charge < -0.3 is 65.7 Å². The highest BCUT2D eigenvalue weighted by Crippen LogP contribution is 2.20. The maximum atomic E-state index is 14.0. The number of carbonyl (C=O) groups is 10. The Bertz CT molecular complexity index is 2310. The second-order valence-electron chi connectivity index (χ2n) is 17.9. The summed E-state index contributed by atoms with van der Waals surface area (Å²) in [6.45, 7) is 7.33. The minimum atomic E-state index is -1.64. The van der Waals surface area contributed by atoms with E-state index in [1.54, 1.807) is 44.2 Å². The van der Waals surface area contributed by atoms with Crippen molar-refractivity contribution in [1.29, 1.82) is 0 Å². The summed E-state index contributed by atoms with van der Waals surface area (Å²) in [6, 6.07) is 13.3. The molecule has 2 rings (SSSR count). The Kier molecular flexibility index (Phi) is 28.8. The monoisotopic (exact) mass is 1060 g/mol. The number of benzene rings is 2. The minimum Gasteiger partial charge on any atom is -0.391 e. The number of hydrogen-bond donors (Lipinski definition) is 5. The van der Waals surface area contributed by atoms with Crippen molar-refractivity contribution in [2.24, 2.45) is 5.73 Å². The van der Waals surface area contributed by atoms with Crippen LogP contribution in [0.15, 0.2) is 73.3 Å². The van der Waals surface area contributed by atoms with Crippen molar-refractivity contribution in [3.63, 3.8) is 0 Å². The lowest BCUT2D eigenvalue weighted by atomic mass is 10.0. The topological polar surface area (TPSA) is 291 Å². The molecule has 0 saturated heterocycles. The first-order valence-electron chi connectivity index (χ1n) is 24.8. The summed E-state index contributed by atoms with van der Waals surface area (Å²) in [5, 5.41) is 18.0. The van der Waals surface area contributed by atoms with Crippen LogP contribution < -0.4 is 21.7 Å². The van der Waals surface area contributed by atoms with Crippen LogP contribution in [-0.2, 0) is 63.8 Å². The van der Waals surface area contributed by atoms with Crippen molar-refractivity contribution in [2.45, 2.75) is 77.7 Å². The molecule has 23 nitrogen and oxygen atoms in total. The predicted octanol–water partition coefficient (Wildman–Crippen LogP) is -1.16. The van der Waals surface area contributed by atoms with Gasteiger partial charge in [0.25, 0.3) is 0 Å². The van der Waals surface area contributed by atoms with Crippen LogP contribution in [-0.4, -0.2) is 217 Å². The predicted molar refractivity (Wildman–Crippen MR) is 281 cm³/mol. The average molecular weight is 1060 g/mol. The number of amides is 10. The van der Waals surface area contributed by atoms with Gasteiger partial charge in [0.2, 0.25) is 59.1 Å². The maximum absolute atomic E-state index is 14.0. The van der Waals surface area contributed by atoms with E-state index in [2.05, 4.69) is 28.4 Å². The lowest BCUT2D eigenvalue weighted by Gasteiger charge is -2.32. The first kappa shape index (κ1) is 64.4. The molecule has 0 spiro atoms. The van der Waals surface area contributed by atoms with E-state index in [-0.39, 0.29) is 64.8 Å². The summed E-state index contributed by atoms with van der Waals surface area (Å²) in [5.74, 6) is -4.81. The summed E-state index contributed by atoms with van der Waals surface area (Å²) >= 11 is 0. The van der Waals surface area contributed by atoms with Gasteiger partial charge >= 0.3 is 0 Å². The highest BCUT2D eigenvalue weighted by molar-refractivity contribution is 5.96. The Morgan fingerprint density at radius 2 is 1.17 bits per heavy atom. The van der Waals surface area contributed by atoms with Gasteiger partial charge in [-0.25, -0.2) is 0 Å². The maximum Gasteiger partial charge on any atom is 0.245 e. The molecule has 0 fully saturated rings. The largest absolute Gasteiger partial charge is 0.391 e. The molecule has 0 aromatic heterocycles. The van der Waals surface area contributed by atoms with Crippen LogP contribution in [0.1, 0.15) is 58.2 Å². The van der Waals surface area contributed by atoms with Gasteiger partial charge in [-0.1, -0.05) is 79.6 Å². The van der Waals surface area contributed by atoms with E-state index < -0.39 is 116 Å². The molecule has 5 atom stereocenters. The lowest BCUT2D eigenvalue weighted by Crippen LogP contribution is -2.59. The first-order valence-corrected chi connectivity index (χ1v) is 24.8. The van der Waals surface area contributed by atoms with E-state index in [0.29, 0.717) is 12.0 Å². The van der Waals surface area contributed by atoms with Crippen molar-refractivity contribution in [1.82, 2.24) is 45.3 Å². The molecule has 6 N–H and O–H groups in total. The highest BCUT2D eigenvalue weighted by atomic mass is 16.5. The molecule has 5 unspecified atom stereocenters. The average Bonchev–Trinajstić information content (AvgIpc) is 3.38. The number of rotatable bonds is 34. The molecule has 2 aromatic rings. The van der Waals surface area contributed by atoms with Crippen molar-refractivity contribution in [3.8, 4) is 12.3 Å². The zero-order valence-electron chi connectivity index (χ0n) is 44.7. The fraction of sp³-hybridized carbons (Fsp3) is 0.509. The zero-order valence-corrected chi connectivity index (χ0v) is 44.7. The Labute approximate surface area is 445 Å². The quantitative estimate of drug-likeness (QED) is 0.0409. The third-order valence-electron chi connectivity index (χ3n) is 11.9. The highest BCUT2D eigenvalue weighted by Gasteiger charge is 2.33. The van der Waals surface area contributed by atoms with Crippen LogP contribution in [0, 0.1) is 12.3 Å². The summed E-state index contributed by atoms with van der Waals surface area (Å²) in [7, 11) is 2.79. The van der Waals surface area contributed by atoms with E-state index in [9.17, 15) is 53.1 Å². The number of primary amides is 1. The second kappa shape index (κ2) is 34.0. The number of nitrogens with zero attached hydrogens (tertiary/aromatic N) is 6. The summed E-state index contributed by atoms with van der Waals surface area (Å²) in [6.07, 6.45) is 5.87. The molecule has 416 valence electrons. The van der Waals surface area contributed by atoms with Crippen LogP contribution in [0.3, 0.4) is 0 Å². The number of ether oxygens (including phenoxy) is 2. The molecule has 0 bridgehead atoms. The normalized spacial score (nSPS) is 12.7. The van der Waals surface area contributed by atoms with Crippen LogP contribution in [0.25, 0.3) is 0 Å². The van der Waals surface area contributed by atoms with E-state index in [1.165, 1.54) is 60.7 Å². The standard InChI is InChI=1S/C53H76N10O13/c1-10-23-58(45(67)33-59(24-11-2)47(69)35-62(27-29-76-9)49(71)36-63(40(7)65)38(5)42-21-17-14-18-22-42)32-46(68)60(25-12-3)34-48(70)61(26-28-75-8)31-44(66)57-50(39(6)64)53(74)56-43(30-41-19-15-13-16-20-41)52(73)55-37(4)51(54)72/h3,11,13-22,37-39,43,50,64H,2,10,23-36H2,1,4-9H3,(H2,54,72)(H,55,73)(H,56,74)(H,57,66). The summed E-state index contributed by atoms with van der Waals surface area (Å²) in [5.41, 5.74) is 6.77. The molecule has 0 radical (unpaired) electrons. The number of nitrogens with one attached hydrogen (secondary N) is 3. The second-order valence-corrected chi connectivity index (χ2v) is 17.9. The van der Waals surface area contributed by atoms with Gasteiger partial charge in [0.05, 0.1) is 51.5 Å². The fourth-order valence-electron chi connectivity index (χ4n) is 7.54. The molecule has 10 amide bonds. The Morgan fingerprint density at radius 1 is 0.684 bits per heavy atom. The van der Waals surface area contributed by atoms with E-state index in [4.69, 9.17) is 21.6 Å². The Hall–Kier alpha value is -7.68. The molecule has 0 saturated carbocycles. The number of hydrogen-bond acceptors (Lipinski definition) is 13. The van der Waals surface area contributed by atoms with Gasteiger partial charge in [-0.2, -0.15) is 0 Å². The first-order chi connectivity index (χ1) is 36.1. The molecular weight excluding hydrogens is 985 g/mol. The number of terminal acetylenes is 1. The number of aliphatic hydroxyl groups excluding tert-OH is 1. The number of aliphatic hydroxyl groups is 1. The summed E-state index contributed by atoms with van der Waals surface area (Å²) in [4.78, 5) is 142. The van der Waals surface area contributed by atoms with Crippen LogP contribution >= 0.6 is 0 Å². The molecule has 0 heterocycles. The van der Waals surface area contributed by atoms with E-state index in [1.807, 2.05) is 30.3 Å². The van der Waals surface area contributed by atoms with Gasteiger partial charge in [-0.3, -0.25) is 47.9 Å². The van der Waals surface area contributed by atoms with Gasteiger partial charge in [0.1, 0.15) is 37.8 Å². The number of nitrogens with two attached hydrogens (primary N) is 1. The Morgan fingerprint density at radius 3 is 1.67 bits per heavy atom. The minimum absolute atomic E-state index is 0.00573. The fourth-order valence-corrected chi connectivity index (χ4v) is 7.54. The van der Waals surface area contributed by atoms with Crippen LogP contribution in [0.5, 0.6) is 0 Å². The number of methoxy groups -OCH3 is 2. The van der Waals surface area contributed by atoms with Crippen LogP contribution in [0.4, 0.5) is 0 Å². The van der Waals surface area contributed by atoms with Crippen molar-refractivity contribution in [3.05, 3.63) is 84.4 Å². The van der Waals surface area contributed by atoms with E-state index in [0.717, 1.165) is 15.4 Å². The molecule has 76 heavy (non-hydrogen) atoms. The van der Waals surface area contributed by atoms with Gasteiger partial charge in [-0.15, -0.1) is 13.0 Å². The van der Waals surface area contributed by atoms with E-state index >= 15 is 0 Å². The van der Waals surface area contributed by atoms with Crippen molar-refractivity contribution >= 4 is 59.1 Å². The summed E-state index contributed by atoms with van der Waals surface area (Å²) < 4.78 is 10.4. The number of carbonyl (C=O) groups excluding carboxylic acids is 10. The van der Waals surface area contributed by atoms with Gasteiger partial charge in [-0.05, 0) is 38.3 Å². The van der Waals surface area contributed by atoms with Crippen LogP contribution in [0.2, 0.25) is 0 Å². The lowest BCUT2D eigenvalue weighted by molar-refractivity contribution is -0.148. The SMILES string of the molecule is C#CCN(CC(=O)N(CCOC)CC(=O)NC(C(=O)NC(Cc1ccccc1)C(=O)NC(C)C(N)=O)C(C)O)C(=O)CN(CCC)C(=O)CN(CC=C)C(=O)CN(CCOC)C(=O)CN(C(C)=O)C(C)c1ccccc1. The zero-order chi connectivity index (χ0) is 56.9. The molecular formula is C53H76N10O13. The van der Waals surface area contributed by atoms with Gasteiger partial charge in [0, 0.05) is 53.7 Å². The third-order valence-corrected chi connectivity index (χ3v) is 11.9. The molecule has 0 aliphatic heterocycles. The molecule has 0 aliphatic rings. The smallest absolute Gasteiger partial charge is 0.245 e. The van der Waals surface area contributed by atoms with Gasteiger partial charge in [0.15, 0.2) is 0 Å². The molecule has 0 aliphatic carbocycles. The van der Waals surface area contributed by atoms with Crippen molar-refractivity contribution < 1.29 is 62.5 Å². The van der Waals surface area contributed by atoms with Crippen molar-refractivity contribution in [2.75, 3.05) is 99.4 Å². The Balaban J connectivity index is 2.26. The third kappa shape index (κ3) is 22.0. The molecule has 2 aromatic carbocycles.